The molecule has 4 heteroatoms. The molecule has 2 N–H and O–H groups in total. The Hall–Kier alpha value is -3.50. The van der Waals surface area contributed by atoms with E-state index in [1.807, 2.05) is 60.7 Å². The highest BCUT2D eigenvalue weighted by Gasteiger charge is 2.14. The molecule has 0 saturated heterocycles. The fourth-order valence-corrected chi connectivity index (χ4v) is 3.01. The number of nitrogens with zero attached hydrogens (tertiary/aromatic N) is 1. The number of amides is 1. The van der Waals surface area contributed by atoms with Crippen LogP contribution in [0, 0.1) is 0 Å². The van der Waals surface area contributed by atoms with Gasteiger partial charge in [0.25, 0.3) is 5.91 Å². The molecule has 0 bridgehead atoms. The van der Waals surface area contributed by atoms with Crippen LogP contribution < -0.4 is 5.32 Å². The van der Waals surface area contributed by atoms with Gasteiger partial charge in [0.2, 0.25) is 0 Å². The van der Waals surface area contributed by atoms with Crippen LogP contribution in [0.4, 0.5) is 5.69 Å². The minimum Gasteiger partial charge on any atom is -0.392 e. The number of aliphatic hydroxyl groups excluding tert-OH is 1. The molecule has 1 heterocycles. The van der Waals surface area contributed by atoms with E-state index in [1.54, 1.807) is 24.3 Å². The van der Waals surface area contributed by atoms with Gasteiger partial charge in [0.05, 0.1) is 23.4 Å². The van der Waals surface area contributed by atoms with E-state index in [0.29, 0.717) is 11.3 Å². The number of hydrogen-bond acceptors (Lipinski definition) is 3. The summed E-state index contributed by atoms with van der Waals surface area (Å²) in [6.07, 6.45) is 0. The molecule has 1 amide bonds. The van der Waals surface area contributed by atoms with Gasteiger partial charge in [-0.05, 0) is 29.8 Å². The van der Waals surface area contributed by atoms with Crippen molar-refractivity contribution in [2.75, 3.05) is 5.32 Å². The van der Waals surface area contributed by atoms with Gasteiger partial charge in [-0.3, -0.25) is 4.79 Å². The second-order valence-electron chi connectivity index (χ2n) is 6.25. The third kappa shape index (κ3) is 3.57. The monoisotopic (exact) mass is 354 g/mol. The molecule has 0 spiro atoms. The summed E-state index contributed by atoms with van der Waals surface area (Å²) in [5.41, 5.74) is 4.55. The number of pyridine rings is 1. The van der Waals surface area contributed by atoms with Gasteiger partial charge in [-0.2, -0.15) is 0 Å². The molecule has 0 unspecified atom stereocenters. The highest BCUT2D eigenvalue weighted by Crippen LogP contribution is 2.25. The van der Waals surface area contributed by atoms with E-state index < -0.39 is 0 Å². The van der Waals surface area contributed by atoms with Crippen LogP contribution in [0.1, 0.15) is 15.9 Å². The van der Waals surface area contributed by atoms with Crippen molar-refractivity contribution < 1.29 is 9.90 Å². The van der Waals surface area contributed by atoms with E-state index in [0.717, 1.165) is 27.7 Å². The van der Waals surface area contributed by atoms with Gasteiger partial charge >= 0.3 is 0 Å². The molecule has 4 aromatic rings. The fraction of sp³-hybridized carbons (Fsp3) is 0.0435. The zero-order chi connectivity index (χ0) is 18.6. The Kier molecular flexibility index (Phi) is 4.64. The minimum atomic E-state index is -0.192. The average Bonchev–Trinajstić information content (AvgIpc) is 2.74. The van der Waals surface area contributed by atoms with Gasteiger partial charge in [0.1, 0.15) is 0 Å². The molecule has 0 aliphatic carbocycles. The smallest absolute Gasteiger partial charge is 0.256 e. The average molecular weight is 354 g/mol. The van der Waals surface area contributed by atoms with Crippen molar-refractivity contribution in [3.8, 4) is 11.3 Å². The summed E-state index contributed by atoms with van der Waals surface area (Å²) in [5.74, 6) is -0.192. The Morgan fingerprint density at radius 3 is 2.33 bits per heavy atom. The van der Waals surface area contributed by atoms with Crippen LogP contribution in [0.2, 0.25) is 0 Å². The van der Waals surface area contributed by atoms with Gasteiger partial charge in [-0.1, -0.05) is 60.7 Å². The van der Waals surface area contributed by atoms with E-state index in [2.05, 4.69) is 5.32 Å². The fourth-order valence-electron chi connectivity index (χ4n) is 3.01. The van der Waals surface area contributed by atoms with Crippen LogP contribution in [0.15, 0.2) is 84.9 Å². The van der Waals surface area contributed by atoms with Crippen LogP contribution in [0.3, 0.4) is 0 Å². The van der Waals surface area contributed by atoms with Crippen LogP contribution in [-0.2, 0) is 6.61 Å². The van der Waals surface area contributed by atoms with Gasteiger partial charge in [-0.25, -0.2) is 4.98 Å². The molecule has 0 saturated carbocycles. The van der Waals surface area contributed by atoms with Gasteiger partial charge in [0, 0.05) is 16.6 Å². The number of aromatic nitrogens is 1. The maximum atomic E-state index is 13.0. The number of benzene rings is 3. The number of nitrogens with one attached hydrogen (secondary N) is 1. The van der Waals surface area contributed by atoms with Crippen molar-refractivity contribution in [3.63, 3.8) is 0 Å². The molecule has 3 aromatic carbocycles. The highest BCUT2D eigenvalue weighted by molar-refractivity contribution is 6.13. The number of aliphatic hydroxyl groups is 1. The standard InChI is InChI=1S/C23H18N2O2/c26-15-16-10-12-18(13-11-16)24-23(27)20-14-22(17-6-2-1-3-7-17)25-21-9-5-4-8-19(20)21/h1-14,26H,15H2,(H,24,27). The van der Waals surface area contributed by atoms with E-state index in [-0.39, 0.29) is 12.5 Å². The van der Waals surface area contributed by atoms with Crippen LogP contribution in [0.25, 0.3) is 22.2 Å². The number of fused-ring (bicyclic) bond motifs is 1. The lowest BCUT2D eigenvalue weighted by Gasteiger charge is -2.11. The van der Waals surface area contributed by atoms with Crippen molar-refractivity contribution in [1.82, 2.24) is 4.98 Å². The number of hydrogen-bond donors (Lipinski definition) is 2. The third-order valence-corrected chi connectivity index (χ3v) is 4.42. The second kappa shape index (κ2) is 7.40. The zero-order valence-corrected chi connectivity index (χ0v) is 14.6. The van der Waals surface area contributed by atoms with Crippen molar-refractivity contribution in [2.24, 2.45) is 0 Å². The van der Waals surface area contributed by atoms with E-state index >= 15 is 0 Å². The number of anilines is 1. The molecule has 132 valence electrons. The maximum absolute atomic E-state index is 13.0. The molecule has 0 aliphatic rings. The van der Waals surface area contributed by atoms with E-state index in [9.17, 15) is 4.79 Å². The Labute approximate surface area is 157 Å². The second-order valence-corrected chi connectivity index (χ2v) is 6.25. The molecule has 0 radical (unpaired) electrons. The summed E-state index contributed by atoms with van der Waals surface area (Å²) >= 11 is 0. The number of carbonyl (C=O) groups is 1. The molecule has 0 aliphatic heterocycles. The quantitative estimate of drug-likeness (QED) is 0.561. The lowest BCUT2D eigenvalue weighted by Crippen LogP contribution is -2.13. The van der Waals surface area contributed by atoms with Gasteiger partial charge < -0.3 is 10.4 Å². The predicted octanol–water partition coefficient (Wildman–Crippen LogP) is 4.65. The van der Waals surface area contributed by atoms with Crippen molar-refractivity contribution in [3.05, 3.63) is 96.1 Å². The lowest BCUT2D eigenvalue weighted by atomic mass is 10.0. The first-order valence-corrected chi connectivity index (χ1v) is 8.71. The summed E-state index contributed by atoms with van der Waals surface area (Å²) in [4.78, 5) is 17.7. The summed E-state index contributed by atoms with van der Waals surface area (Å²) in [5, 5.41) is 12.9. The van der Waals surface area contributed by atoms with Gasteiger partial charge in [-0.15, -0.1) is 0 Å². The minimum absolute atomic E-state index is 0.0242. The van der Waals surface area contributed by atoms with Crippen molar-refractivity contribution in [2.45, 2.75) is 6.61 Å². The van der Waals surface area contributed by atoms with E-state index in [1.165, 1.54) is 0 Å². The summed E-state index contributed by atoms with van der Waals surface area (Å²) < 4.78 is 0. The topological polar surface area (TPSA) is 62.2 Å². The summed E-state index contributed by atoms with van der Waals surface area (Å²) in [6, 6.07) is 26.4. The molecule has 4 nitrogen and oxygen atoms in total. The molecular formula is C23H18N2O2. The SMILES string of the molecule is O=C(Nc1ccc(CO)cc1)c1cc(-c2ccccc2)nc2ccccc12. The molecular weight excluding hydrogens is 336 g/mol. The van der Waals surface area contributed by atoms with Crippen LogP contribution >= 0.6 is 0 Å². The van der Waals surface area contributed by atoms with Crippen molar-refractivity contribution in [1.29, 1.82) is 0 Å². The Morgan fingerprint density at radius 1 is 0.889 bits per heavy atom. The van der Waals surface area contributed by atoms with Crippen molar-refractivity contribution >= 4 is 22.5 Å². The van der Waals surface area contributed by atoms with Gasteiger partial charge in [0.15, 0.2) is 0 Å². The Morgan fingerprint density at radius 2 is 1.59 bits per heavy atom. The molecule has 0 fully saturated rings. The number of rotatable bonds is 4. The number of carbonyl (C=O) groups excluding carboxylic acids is 1. The normalized spacial score (nSPS) is 10.7. The van der Waals surface area contributed by atoms with E-state index in [4.69, 9.17) is 10.1 Å². The molecule has 1 aromatic heterocycles. The summed E-state index contributed by atoms with van der Waals surface area (Å²) in [6.45, 7) is -0.0242. The first-order chi connectivity index (χ1) is 13.2. The van der Waals surface area contributed by atoms with Crippen LogP contribution in [-0.4, -0.2) is 16.0 Å². The molecule has 0 atom stereocenters. The first-order valence-electron chi connectivity index (χ1n) is 8.71. The third-order valence-electron chi connectivity index (χ3n) is 4.42. The maximum Gasteiger partial charge on any atom is 0.256 e. The lowest BCUT2D eigenvalue weighted by molar-refractivity contribution is 0.102. The first kappa shape index (κ1) is 16.9. The molecule has 27 heavy (non-hydrogen) atoms. The summed E-state index contributed by atoms with van der Waals surface area (Å²) in [7, 11) is 0. The largest absolute Gasteiger partial charge is 0.392 e. The number of para-hydroxylation sites is 1. The Balaban J connectivity index is 1.75. The Bertz CT molecular complexity index is 1090. The predicted molar refractivity (Wildman–Crippen MR) is 107 cm³/mol. The molecule has 4 rings (SSSR count). The highest BCUT2D eigenvalue weighted by atomic mass is 16.3. The van der Waals surface area contributed by atoms with Crippen LogP contribution in [0.5, 0.6) is 0 Å². The zero-order valence-electron chi connectivity index (χ0n) is 14.6.